The first-order chi connectivity index (χ1) is 10.1. The zero-order valence-corrected chi connectivity index (χ0v) is 13.7. The minimum atomic E-state index is -0.459. The van der Waals surface area contributed by atoms with E-state index in [1.165, 1.54) is 19.3 Å². The zero-order chi connectivity index (χ0) is 15.3. The Hall–Kier alpha value is -0.940. The maximum atomic E-state index is 6.04. The lowest BCUT2D eigenvalue weighted by Gasteiger charge is -2.35. The Kier molecular flexibility index (Phi) is 5.38. The summed E-state index contributed by atoms with van der Waals surface area (Å²) in [7, 11) is 0. The van der Waals surface area contributed by atoms with Crippen LogP contribution in [0, 0.1) is 5.41 Å². The van der Waals surface area contributed by atoms with Crippen LogP contribution in [0.2, 0.25) is 0 Å². The van der Waals surface area contributed by atoms with Crippen LogP contribution in [0.15, 0.2) is 4.52 Å². The maximum absolute atomic E-state index is 6.04. The van der Waals surface area contributed by atoms with Crippen LogP contribution in [0.5, 0.6) is 0 Å². The molecule has 1 heterocycles. The van der Waals surface area contributed by atoms with Gasteiger partial charge in [-0.3, -0.25) is 0 Å². The number of rotatable bonds is 7. The molecule has 0 saturated heterocycles. The van der Waals surface area contributed by atoms with Crippen molar-refractivity contribution in [1.82, 2.24) is 10.1 Å². The highest BCUT2D eigenvalue weighted by atomic mass is 16.5. The van der Waals surface area contributed by atoms with Gasteiger partial charge in [-0.25, -0.2) is 0 Å². The molecule has 1 aromatic rings. The average Bonchev–Trinajstić information content (AvgIpc) is 2.97. The molecule has 120 valence electrons. The quantitative estimate of drug-likeness (QED) is 0.836. The third-order valence-electron chi connectivity index (χ3n) is 4.95. The minimum Gasteiger partial charge on any atom is -0.367 e. The van der Waals surface area contributed by atoms with E-state index in [1.807, 2.05) is 13.8 Å². The predicted octanol–water partition coefficient (Wildman–Crippen LogP) is 3.18. The zero-order valence-electron chi connectivity index (χ0n) is 13.7. The van der Waals surface area contributed by atoms with Crippen LogP contribution < -0.4 is 5.73 Å². The minimum absolute atomic E-state index is 0.149. The summed E-state index contributed by atoms with van der Waals surface area (Å²) in [5.41, 5.74) is 5.73. The van der Waals surface area contributed by atoms with Crippen molar-refractivity contribution < 1.29 is 9.26 Å². The summed E-state index contributed by atoms with van der Waals surface area (Å²) in [6.07, 6.45) is 7.77. The highest BCUT2D eigenvalue weighted by Gasteiger charge is 2.35. The molecule has 2 N–H and O–H groups in total. The highest BCUT2D eigenvalue weighted by molar-refractivity contribution is 5.01. The van der Waals surface area contributed by atoms with E-state index in [0.717, 1.165) is 25.7 Å². The molecule has 0 aliphatic heterocycles. The molecule has 1 aliphatic carbocycles. The number of hydrogen-bond acceptors (Lipinski definition) is 5. The molecule has 1 fully saturated rings. The summed E-state index contributed by atoms with van der Waals surface area (Å²) >= 11 is 0. The lowest BCUT2D eigenvalue weighted by atomic mass is 9.72. The van der Waals surface area contributed by atoms with E-state index in [9.17, 15) is 0 Å². The van der Waals surface area contributed by atoms with Crippen molar-refractivity contribution in [2.24, 2.45) is 11.1 Å². The van der Waals surface area contributed by atoms with Gasteiger partial charge in [0.05, 0.1) is 0 Å². The molecule has 0 amide bonds. The van der Waals surface area contributed by atoms with Gasteiger partial charge in [0, 0.05) is 13.0 Å². The molecule has 1 atom stereocenters. The average molecular weight is 295 g/mol. The Bertz CT molecular complexity index is 440. The molecule has 1 aliphatic rings. The van der Waals surface area contributed by atoms with Gasteiger partial charge >= 0.3 is 0 Å². The molecule has 0 radical (unpaired) electrons. The summed E-state index contributed by atoms with van der Waals surface area (Å²) in [6.45, 7) is 7.42. The molecular weight excluding hydrogens is 266 g/mol. The first-order valence-electron chi connectivity index (χ1n) is 8.24. The van der Waals surface area contributed by atoms with Gasteiger partial charge in [-0.2, -0.15) is 4.98 Å². The van der Waals surface area contributed by atoms with Crippen molar-refractivity contribution in [3.05, 3.63) is 11.7 Å². The smallest absolute Gasteiger partial charge is 0.227 e. The van der Waals surface area contributed by atoms with Gasteiger partial charge in [-0.1, -0.05) is 31.3 Å². The summed E-state index contributed by atoms with van der Waals surface area (Å²) in [4.78, 5) is 4.60. The Morgan fingerprint density at radius 2 is 2.00 bits per heavy atom. The van der Waals surface area contributed by atoms with Gasteiger partial charge in [-0.15, -0.1) is 0 Å². The molecule has 1 aromatic heterocycles. The van der Waals surface area contributed by atoms with Crippen molar-refractivity contribution in [3.8, 4) is 0 Å². The fourth-order valence-electron chi connectivity index (χ4n) is 3.26. The number of nitrogens with two attached hydrogens (primary N) is 1. The van der Waals surface area contributed by atoms with Crippen LogP contribution in [0.4, 0.5) is 0 Å². The van der Waals surface area contributed by atoms with E-state index in [4.69, 9.17) is 15.0 Å². The molecule has 0 spiro atoms. The van der Waals surface area contributed by atoms with E-state index in [1.54, 1.807) is 0 Å². The van der Waals surface area contributed by atoms with Crippen LogP contribution in [-0.2, 0) is 16.8 Å². The van der Waals surface area contributed by atoms with Gasteiger partial charge in [0.2, 0.25) is 11.7 Å². The summed E-state index contributed by atoms with van der Waals surface area (Å²) in [5.74, 6) is 1.36. The largest absolute Gasteiger partial charge is 0.367 e. The standard InChI is InChI=1S/C16H29N3O2/c1-4-15(3,20-5-2)14-18-13(21-19-14)11-16(12-17)9-7-6-8-10-16/h4-12,17H2,1-3H3. The van der Waals surface area contributed by atoms with Crippen molar-refractivity contribution in [2.75, 3.05) is 13.2 Å². The molecule has 1 saturated carbocycles. The predicted molar refractivity (Wildman–Crippen MR) is 81.8 cm³/mol. The van der Waals surface area contributed by atoms with Crippen LogP contribution in [0.25, 0.3) is 0 Å². The third-order valence-corrected chi connectivity index (χ3v) is 4.95. The molecular formula is C16H29N3O2. The van der Waals surface area contributed by atoms with E-state index in [0.29, 0.717) is 24.9 Å². The Labute approximate surface area is 127 Å². The number of ether oxygens (including phenoxy) is 1. The summed E-state index contributed by atoms with van der Waals surface area (Å²) in [6, 6.07) is 0. The molecule has 21 heavy (non-hydrogen) atoms. The lowest BCUT2D eigenvalue weighted by molar-refractivity contribution is -0.0403. The Balaban J connectivity index is 2.12. The second-order valence-corrected chi connectivity index (χ2v) is 6.47. The van der Waals surface area contributed by atoms with Crippen molar-refractivity contribution in [3.63, 3.8) is 0 Å². The van der Waals surface area contributed by atoms with Crippen LogP contribution >= 0.6 is 0 Å². The van der Waals surface area contributed by atoms with Gasteiger partial charge < -0.3 is 15.0 Å². The first kappa shape index (κ1) is 16.4. The molecule has 5 heteroatoms. The first-order valence-corrected chi connectivity index (χ1v) is 8.24. The topological polar surface area (TPSA) is 74.2 Å². The van der Waals surface area contributed by atoms with E-state index >= 15 is 0 Å². The third kappa shape index (κ3) is 3.64. The normalized spacial score (nSPS) is 21.1. The summed E-state index contributed by atoms with van der Waals surface area (Å²) in [5, 5.41) is 4.16. The van der Waals surface area contributed by atoms with Crippen LogP contribution in [0.1, 0.15) is 71.0 Å². The van der Waals surface area contributed by atoms with Crippen molar-refractivity contribution in [2.45, 2.75) is 71.3 Å². The highest BCUT2D eigenvalue weighted by Crippen LogP contribution is 2.38. The Morgan fingerprint density at radius 1 is 1.29 bits per heavy atom. The second kappa shape index (κ2) is 6.88. The monoisotopic (exact) mass is 295 g/mol. The molecule has 0 bridgehead atoms. The molecule has 2 rings (SSSR count). The molecule has 1 unspecified atom stereocenters. The molecule has 5 nitrogen and oxygen atoms in total. The van der Waals surface area contributed by atoms with Gasteiger partial charge in [0.1, 0.15) is 5.60 Å². The number of aromatic nitrogens is 2. The number of nitrogens with zero attached hydrogens (tertiary/aromatic N) is 2. The van der Waals surface area contributed by atoms with Gasteiger partial charge in [-0.05, 0) is 45.1 Å². The van der Waals surface area contributed by atoms with E-state index < -0.39 is 5.60 Å². The van der Waals surface area contributed by atoms with E-state index in [2.05, 4.69) is 17.1 Å². The summed E-state index contributed by atoms with van der Waals surface area (Å²) < 4.78 is 11.3. The SMILES string of the molecule is CCOC(C)(CC)c1noc(CC2(CN)CCCCC2)n1. The molecule has 0 aromatic carbocycles. The van der Waals surface area contributed by atoms with Crippen molar-refractivity contribution >= 4 is 0 Å². The van der Waals surface area contributed by atoms with Gasteiger partial charge in [0.25, 0.3) is 0 Å². The number of hydrogen-bond donors (Lipinski definition) is 1. The maximum Gasteiger partial charge on any atom is 0.227 e. The van der Waals surface area contributed by atoms with Crippen molar-refractivity contribution in [1.29, 1.82) is 0 Å². The van der Waals surface area contributed by atoms with Crippen LogP contribution in [-0.4, -0.2) is 23.3 Å². The fourth-order valence-corrected chi connectivity index (χ4v) is 3.26. The van der Waals surface area contributed by atoms with E-state index in [-0.39, 0.29) is 5.41 Å². The van der Waals surface area contributed by atoms with Gasteiger partial charge in [0.15, 0.2) is 0 Å². The Morgan fingerprint density at radius 3 is 2.57 bits per heavy atom. The fraction of sp³-hybridized carbons (Fsp3) is 0.875. The second-order valence-electron chi connectivity index (χ2n) is 6.47. The lowest BCUT2D eigenvalue weighted by Crippen LogP contribution is -2.35. The van der Waals surface area contributed by atoms with Crippen LogP contribution in [0.3, 0.4) is 0 Å².